The molecule has 1 aromatic heterocycles. The maximum Gasteiger partial charge on any atom is 0.168 e. The zero-order valence-electron chi connectivity index (χ0n) is 11.5. The molecule has 1 fully saturated rings. The predicted octanol–water partition coefficient (Wildman–Crippen LogP) is 3.86. The van der Waals surface area contributed by atoms with E-state index in [1.165, 1.54) is 25.7 Å². The lowest BCUT2D eigenvalue weighted by Gasteiger charge is -2.17. The van der Waals surface area contributed by atoms with E-state index in [2.05, 4.69) is 24.1 Å². The van der Waals surface area contributed by atoms with Crippen molar-refractivity contribution >= 4 is 5.82 Å². The monoisotopic (exact) mass is 248 g/mol. The van der Waals surface area contributed by atoms with Crippen LogP contribution in [-0.2, 0) is 0 Å². The second kappa shape index (κ2) is 6.07. The molecule has 0 bridgehead atoms. The molecular weight excluding hydrogens is 224 g/mol. The number of anilines is 1. The molecular formula is C15H24N2O. The van der Waals surface area contributed by atoms with Gasteiger partial charge in [-0.15, -0.1) is 0 Å². The second-order valence-corrected chi connectivity index (χ2v) is 5.30. The fraction of sp³-hybridized carbons (Fsp3) is 0.667. The van der Waals surface area contributed by atoms with Crippen LogP contribution in [0.1, 0.15) is 46.0 Å². The number of ether oxygens (including phenoxy) is 1. The average molecular weight is 248 g/mol. The van der Waals surface area contributed by atoms with Gasteiger partial charge in [0.05, 0.1) is 6.61 Å². The van der Waals surface area contributed by atoms with Gasteiger partial charge in [0.25, 0.3) is 0 Å². The Labute approximate surface area is 110 Å². The Bertz CT molecular complexity index is 375. The maximum atomic E-state index is 5.71. The van der Waals surface area contributed by atoms with Crippen molar-refractivity contribution in [1.29, 1.82) is 0 Å². The average Bonchev–Trinajstić information content (AvgIpc) is 3.16. The molecule has 1 saturated carbocycles. The van der Waals surface area contributed by atoms with E-state index >= 15 is 0 Å². The lowest BCUT2D eigenvalue weighted by molar-refractivity contribution is 0.317. The molecule has 1 aliphatic rings. The third kappa shape index (κ3) is 3.37. The molecule has 1 heterocycles. The molecule has 18 heavy (non-hydrogen) atoms. The summed E-state index contributed by atoms with van der Waals surface area (Å²) in [6, 6.07) is 3.92. The summed E-state index contributed by atoms with van der Waals surface area (Å²) in [6.07, 6.45) is 8.13. The van der Waals surface area contributed by atoms with Crippen LogP contribution < -0.4 is 10.1 Å². The van der Waals surface area contributed by atoms with Crippen LogP contribution in [0.5, 0.6) is 5.75 Å². The minimum absolute atomic E-state index is 0.536. The zero-order chi connectivity index (χ0) is 12.8. The molecule has 1 aromatic rings. The maximum absolute atomic E-state index is 5.71. The van der Waals surface area contributed by atoms with Crippen molar-refractivity contribution in [3.8, 4) is 5.75 Å². The molecule has 0 atom stereocenters. The van der Waals surface area contributed by atoms with E-state index in [1.807, 2.05) is 18.3 Å². The Morgan fingerprint density at radius 2 is 2.17 bits per heavy atom. The molecule has 1 aliphatic carbocycles. The smallest absolute Gasteiger partial charge is 0.168 e. The quantitative estimate of drug-likeness (QED) is 0.758. The fourth-order valence-corrected chi connectivity index (χ4v) is 2.35. The number of pyridine rings is 1. The van der Waals surface area contributed by atoms with E-state index in [1.54, 1.807) is 0 Å². The van der Waals surface area contributed by atoms with E-state index in [-0.39, 0.29) is 0 Å². The lowest BCUT2D eigenvalue weighted by atomic mass is 10.0. The summed E-state index contributed by atoms with van der Waals surface area (Å²) < 4.78 is 5.71. The van der Waals surface area contributed by atoms with Gasteiger partial charge in [-0.1, -0.05) is 20.3 Å². The highest BCUT2D eigenvalue weighted by Gasteiger charge is 2.41. The highest BCUT2D eigenvalue weighted by atomic mass is 16.5. The summed E-state index contributed by atoms with van der Waals surface area (Å²) >= 11 is 0. The molecule has 0 unspecified atom stereocenters. The second-order valence-electron chi connectivity index (χ2n) is 5.30. The Hall–Kier alpha value is -1.25. The zero-order valence-corrected chi connectivity index (χ0v) is 11.5. The molecule has 100 valence electrons. The van der Waals surface area contributed by atoms with Crippen molar-refractivity contribution < 1.29 is 4.74 Å². The van der Waals surface area contributed by atoms with Gasteiger partial charge < -0.3 is 10.1 Å². The molecule has 1 N–H and O–H groups in total. The third-order valence-electron chi connectivity index (χ3n) is 3.60. The first-order valence-corrected chi connectivity index (χ1v) is 7.11. The fourth-order valence-electron chi connectivity index (χ4n) is 2.35. The molecule has 0 aromatic carbocycles. The van der Waals surface area contributed by atoms with Gasteiger partial charge in [0.2, 0.25) is 0 Å². The van der Waals surface area contributed by atoms with Crippen molar-refractivity contribution in [2.24, 2.45) is 5.41 Å². The van der Waals surface area contributed by atoms with Crippen LogP contribution in [0.4, 0.5) is 5.82 Å². The van der Waals surface area contributed by atoms with Gasteiger partial charge in [-0.25, -0.2) is 4.98 Å². The van der Waals surface area contributed by atoms with Crippen LogP contribution in [0.2, 0.25) is 0 Å². The summed E-state index contributed by atoms with van der Waals surface area (Å²) in [5.41, 5.74) is 0.536. The topological polar surface area (TPSA) is 34.1 Å². The first-order chi connectivity index (χ1) is 8.79. The molecule has 2 rings (SSSR count). The van der Waals surface area contributed by atoms with E-state index < -0.39 is 0 Å². The van der Waals surface area contributed by atoms with Gasteiger partial charge >= 0.3 is 0 Å². The van der Waals surface area contributed by atoms with Gasteiger partial charge in [0, 0.05) is 12.7 Å². The Kier molecular flexibility index (Phi) is 4.45. The summed E-state index contributed by atoms with van der Waals surface area (Å²) in [5, 5.41) is 3.47. The Morgan fingerprint density at radius 3 is 2.83 bits per heavy atom. The minimum atomic E-state index is 0.536. The van der Waals surface area contributed by atoms with Gasteiger partial charge in [-0.05, 0) is 43.2 Å². The summed E-state index contributed by atoms with van der Waals surface area (Å²) in [7, 11) is 0. The summed E-state index contributed by atoms with van der Waals surface area (Å²) in [5.74, 6) is 1.78. The van der Waals surface area contributed by atoms with Gasteiger partial charge in [-0.2, -0.15) is 0 Å². The van der Waals surface area contributed by atoms with Crippen LogP contribution in [0, 0.1) is 5.41 Å². The Morgan fingerprint density at radius 1 is 1.33 bits per heavy atom. The molecule has 3 nitrogen and oxygen atoms in total. The molecule has 0 aliphatic heterocycles. The largest absolute Gasteiger partial charge is 0.490 e. The first kappa shape index (κ1) is 13.2. The van der Waals surface area contributed by atoms with E-state index in [4.69, 9.17) is 4.74 Å². The molecule has 0 amide bonds. The van der Waals surface area contributed by atoms with Crippen molar-refractivity contribution in [3.05, 3.63) is 18.3 Å². The molecule has 0 spiro atoms. The van der Waals surface area contributed by atoms with Crippen molar-refractivity contribution in [2.45, 2.75) is 46.0 Å². The summed E-state index contributed by atoms with van der Waals surface area (Å²) in [6.45, 7) is 6.15. The number of aromatic nitrogens is 1. The first-order valence-electron chi connectivity index (χ1n) is 7.11. The van der Waals surface area contributed by atoms with Crippen molar-refractivity contribution in [2.75, 3.05) is 18.5 Å². The van der Waals surface area contributed by atoms with Crippen LogP contribution in [0.3, 0.4) is 0 Å². The van der Waals surface area contributed by atoms with Gasteiger partial charge in [-0.3, -0.25) is 0 Å². The van der Waals surface area contributed by atoms with E-state index in [0.717, 1.165) is 31.1 Å². The molecule has 0 radical (unpaired) electrons. The van der Waals surface area contributed by atoms with Crippen LogP contribution in [0.15, 0.2) is 18.3 Å². The van der Waals surface area contributed by atoms with Gasteiger partial charge in [0.1, 0.15) is 0 Å². The predicted molar refractivity (Wildman–Crippen MR) is 75.1 cm³/mol. The SMILES string of the molecule is CCCOc1cccnc1NCC1(CCC)CC1. The number of rotatable bonds is 8. The molecule has 0 saturated heterocycles. The van der Waals surface area contributed by atoms with E-state index in [0.29, 0.717) is 5.41 Å². The third-order valence-corrected chi connectivity index (χ3v) is 3.60. The van der Waals surface area contributed by atoms with Crippen LogP contribution in [-0.4, -0.2) is 18.1 Å². The highest BCUT2D eigenvalue weighted by Crippen LogP contribution is 2.49. The normalized spacial score (nSPS) is 16.3. The van der Waals surface area contributed by atoms with E-state index in [9.17, 15) is 0 Å². The summed E-state index contributed by atoms with van der Waals surface area (Å²) in [4.78, 5) is 4.39. The van der Waals surface area contributed by atoms with Crippen molar-refractivity contribution in [1.82, 2.24) is 4.98 Å². The van der Waals surface area contributed by atoms with Crippen LogP contribution in [0.25, 0.3) is 0 Å². The van der Waals surface area contributed by atoms with Crippen LogP contribution >= 0.6 is 0 Å². The number of hydrogen-bond acceptors (Lipinski definition) is 3. The minimum Gasteiger partial charge on any atom is -0.490 e. The number of nitrogens with zero attached hydrogens (tertiary/aromatic N) is 1. The Balaban J connectivity index is 1.92. The van der Waals surface area contributed by atoms with Gasteiger partial charge in [0.15, 0.2) is 11.6 Å². The number of nitrogens with one attached hydrogen (secondary N) is 1. The molecule has 3 heteroatoms. The lowest BCUT2D eigenvalue weighted by Crippen LogP contribution is -2.16. The standard InChI is InChI=1S/C15H24N2O/c1-3-7-15(8-9-15)12-17-14-13(18-11-4-2)6-5-10-16-14/h5-6,10H,3-4,7-9,11-12H2,1-2H3,(H,16,17). The highest BCUT2D eigenvalue weighted by molar-refractivity contribution is 5.49. The van der Waals surface area contributed by atoms with Crippen molar-refractivity contribution in [3.63, 3.8) is 0 Å². The number of hydrogen-bond donors (Lipinski definition) is 1.